The highest BCUT2D eigenvalue weighted by molar-refractivity contribution is 5.92. The molecule has 6 nitrogen and oxygen atoms in total. The van der Waals surface area contributed by atoms with Crippen molar-refractivity contribution >= 4 is 11.9 Å². The van der Waals surface area contributed by atoms with E-state index in [-0.39, 0.29) is 18.6 Å². The third kappa shape index (κ3) is 5.25. The molecule has 0 saturated carbocycles. The smallest absolute Gasteiger partial charge is 0.338 e. The summed E-state index contributed by atoms with van der Waals surface area (Å²) in [6.07, 6.45) is 0.797. The Balaban J connectivity index is 1.57. The van der Waals surface area contributed by atoms with Crippen LogP contribution in [0.5, 0.6) is 11.5 Å². The lowest BCUT2D eigenvalue weighted by atomic mass is 9.97. The third-order valence-corrected chi connectivity index (χ3v) is 4.36. The average molecular weight is 383 g/mol. The zero-order valence-corrected chi connectivity index (χ0v) is 16.1. The molecule has 28 heavy (non-hydrogen) atoms. The van der Waals surface area contributed by atoms with E-state index in [0.717, 1.165) is 12.0 Å². The molecule has 2 aromatic rings. The molecule has 0 fully saturated rings. The van der Waals surface area contributed by atoms with Gasteiger partial charge in [0, 0.05) is 0 Å². The Morgan fingerprint density at radius 2 is 1.75 bits per heavy atom. The number of carbonyl (C=O) groups excluding carboxylic acids is 2. The van der Waals surface area contributed by atoms with E-state index in [1.807, 2.05) is 30.3 Å². The van der Waals surface area contributed by atoms with Gasteiger partial charge in [-0.15, -0.1) is 0 Å². The second-order valence-electron chi connectivity index (χ2n) is 7.09. The average Bonchev–Trinajstić information content (AvgIpc) is 2.71. The van der Waals surface area contributed by atoms with E-state index in [0.29, 0.717) is 36.2 Å². The number of ether oxygens (including phenoxy) is 3. The lowest BCUT2D eigenvalue weighted by Gasteiger charge is -2.21. The molecule has 0 aromatic heterocycles. The molecule has 1 aliphatic rings. The topological polar surface area (TPSA) is 73.9 Å². The van der Waals surface area contributed by atoms with E-state index in [1.54, 1.807) is 18.2 Å². The Morgan fingerprint density at radius 1 is 1.04 bits per heavy atom. The summed E-state index contributed by atoms with van der Waals surface area (Å²) in [4.78, 5) is 24.6. The zero-order valence-electron chi connectivity index (χ0n) is 16.1. The van der Waals surface area contributed by atoms with E-state index in [2.05, 4.69) is 19.2 Å². The van der Waals surface area contributed by atoms with E-state index < -0.39 is 5.97 Å². The first-order valence-corrected chi connectivity index (χ1v) is 9.44. The van der Waals surface area contributed by atoms with E-state index in [4.69, 9.17) is 14.2 Å². The van der Waals surface area contributed by atoms with Gasteiger partial charge < -0.3 is 19.5 Å². The molecule has 0 radical (unpaired) electrons. The van der Waals surface area contributed by atoms with Crippen LogP contribution in [0.4, 0.5) is 0 Å². The number of nitrogens with one attached hydrogen (secondary N) is 1. The van der Waals surface area contributed by atoms with Gasteiger partial charge >= 0.3 is 5.97 Å². The van der Waals surface area contributed by atoms with Crippen LogP contribution in [0.15, 0.2) is 48.5 Å². The standard InChI is InChI=1S/C22H25NO5/c1-15(2)12-18(16-6-4-3-5-7-16)23-21(24)14-28-22(25)17-8-9-19-20(13-17)27-11-10-26-19/h3-9,13,15,18H,10-12,14H2,1-2H3,(H,23,24)/t18-/m1/s1. The molecule has 1 heterocycles. The first-order valence-electron chi connectivity index (χ1n) is 9.44. The summed E-state index contributed by atoms with van der Waals surface area (Å²) >= 11 is 0. The number of fused-ring (bicyclic) bond motifs is 1. The number of amides is 1. The molecule has 148 valence electrons. The summed E-state index contributed by atoms with van der Waals surface area (Å²) in [5.41, 5.74) is 1.35. The molecule has 3 rings (SSSR count). The molecule has 0 bridgehead atoms. The Morgan fingerprint density at radius 3 is 2.46 bits per heavy atom. The van der Waals surface area contributed by atoms with Crippen molar-refractivity contribution in [3.63, 3.8) is 0 Å². The fourth-order valence-electron chi connectivity index (χ4n) is 3.06. The maximum atomic E-state index is 12.3. The van der Waals surface area contributed by atoms with Crippen molar-refractivity contribution in [3.8, 4) is 11.5 Å². The van der Waals surface area contributed by atoms with Crippen LogP contribution in [0, 0.1) is 5.92 Å². The van der Waals surface area contributed by atoms with Crippen molar-refractivity contribution in [2.75, 3.05) is 19.8 Å². The highest BCUT2D eigenvalue weighted by atomic mass is 16.6. The second kappa shape index (κ2) is 9.26. The number of hydrogen-bond donors (Lipinski definition) is 1. The van der Waals surface area contributed by atoms with Crippen LogP contribution in [0.3, 0.4) is 0 Å². The van der Waals surface area contributed by atoms with Gasteiger partial charge in [-0.1, -0.05) is 44.2 Å². The molecule has 1 aliphatic heterocycles. The van der Waals surface area contributed by atoms with E-state index in [9.17, 15) is 9.59 Å². The van der Waals surface area contributed by atoms with E-state index >= 15 is 0 Å². The minimum Gasteiger partial charge on any atom is -0.486 e. The number of rotatable bonds is 7. The lowest BCUT2D eigenvalue weighted by molar-refractivity contribution is -0.125. The zero-order chi connectivity index (χ0) is 19.9. The molecule has 1 atom stereocenters. The van der Waals surface area contributed by atoms with Gasteiger partial charge in [-0.05, 0) is 36.1 Å². The normalized spacial score (nSPS) is 13.7. The van der Waals surface area contributed by atoms with E-state index in [1.165, 1.54) is 0 Å². The fraction of sp³-hybridized carbons (Fsp3) is 0.364. The van der Waals surface area contributed by atoms with Gasteiger partial charge in [0.1, 0.15) is 13.2 Å². The van der Waals surface area contributed by atoms with Crippen LogP contribution in [0.1, 0.15) is 42.2 Å². The Hall–Kier alpha value is -3.02. The molecule has 0 spiro atoms. The fourth-order valence-corrected chi connectivity index (χ4v) is 3.06. The summed E-state index contributed by atoms with van der Waals surface area (Å²) < 4.78 is 16.1. The summed E-state index contributed by atoms with van der Waals surface area (Å²) in [5, 5.41) is 2.96. The van der Waals surface area contributed by atoms with Crippen LogP contribution < -0.4 is 14.8 Å². The second-order valence-corrected chi connectivity index (χ2v) is 7.09. The van der Waals surface area contributed by atoms with Crippen molar-refractivity contribution in [1.29, 1.82) is 0 Å². The molecule has 0 unspecified atom stereocenters. The Kier molecular flexibility index (Phi) is 6.53. The summed E-state index contributed by atoms with van der Waals surface area (Å²) in [6.45, 7) is 4.78. The molecule has 0 saturated heterocycles. The van der Waals surface area contributed by atoms with Gasteiger partial charge in [0.05, 0.1) is 11.6 Å². The van der Waals surface area contributed by atoms with Gasteiger partial charge in [0.25, 0.3) is 5.91 Å². The van der Waals surface area contributed by atoms with Gasteiger partial charge in [0.2, 0.25) is 0 Å². The molecule has 6 heteroatoms. The number of esters is 1. The largest absolute Gasteiger partial charge is 0.486 e. The molecular weight excluding hydrogens is 358 g/mol. The van der Waals surface area contributed by atoms with Crippen LogP contribution in [-0.2, 0) is 9.53 Å². The quantitative estimate of drug-likeness (QED) is 0.741. The predicted molar refractivity (Wildman–Crippen MR) is 104 cm³/mol. The molecule has 2 aromatic carbocycles. The third-order valence-electron chi connectivity index (χ3n) is 4.36. The van der Waals surface area contributed by atoms with Crippen molar-refractivity contribution < 1.29 is 23.8 Å². The van der Waals surface area contributed by atoms with Crippen molar-refractivity contribution in [2.45, 2.75) is 26.3 Å². The van der Waals surface area contributed by atoms with Gasteiger partial charge in [-0.3, -0.25) is 4.79 Å². The van der Waals surface area contributed by atoms with Crippen molar-refractivity contribution in [1.82, 2.24) is 5.32 Å². The summed E-state index contributed by atoms with van der Waals surface area (Å²) in [6, 6.07) is 14.5. The first kappa shape index (κ1) is 19.7. The van der Waals surface area contributed by atoms with Crippen molar-refractivity contribution in [2.24, 2.45) is 5.92 Å². The van der Waals surface area contributed by atoms with Crippen LogP contribution in [-0.4, -0.2) is 31.7 Å². The minimum atomic E-state index is -0.577. The van der Waals surface area contributed by atoms with Crippen molar-refractivity contribution in [3.05, 3.63) is 59.7 Å². The van der Waals surface area contributed by atoms with Crippen LogP contribution >= 0.6 is 0 Å². The summed E-state index contributed by atoms with van der Waals surface area (Å²) in [7, 11) is 0. The number of hydrogen-bond acceptors (Lipinski definition) is 5. The first-order chi connectivity index (χ1) is 13.5. The van der Waals surface area contributed by atoms with Gasteiger partial charge in [-0.2, -0.15) is 0 Å². The Bertz CT molecular complexity index is 819. The minimum absolute atomic E-state index is 0.123. The monoisotopic (exact) mass is 383 g/mol. The molecule has 1 amide bonds. The molecule has 1 N–H and O–H groups in total. The van der Waals surface area contributed by atoms with Crippen LogP contribution in [0.25, 0.3) is 0 Å². The van der Waals surface area contributed by atoms with Gasteiger partial charge in [-0.25, -0.2) is 4.79 Å². The maximum Gasteiger partial charge on any atom is 0.338 e. The Labute approximate surface area is 164 Å². The van der Waals surface area contributed by atoms with Crippen LogP contribution in [0.2, 0.25) is 0 Å². The summed E-state index contributed by atoms with van der Waals surface area (Å²) in [5.74, 6) is 0.601. The lowest BCUT2D eigenvalue weighted by Crippen LogP contribution is -2.33. The molecule has 0 aliphatic carbocycles. The highest BCUT2D eigenvalue weighted by Crippen LogP contribution is 2.31. The molecular formula is C22H25NO5. The SMILES string of the molecule is CC(C)C[C@@H](NC(=O)COC(=O)c1ccc2c(c1)OCCO2)c1ccccc1. The maximum absolute atomic E-state index is 12.3. The number of carbonyl (C=O) groups is 2. The number of benzene rings is 2. The highest BCUT2D eigenvalue weighted by Gasteiger charge is 2.19. The van der Waals surface area contributed by atoms with Gasteiger partial charge in [0.15, 0.2) is 18.1 Å². The predicted octanol–water partition coefficient (Wildman–Crippen LogP) is 3.52.